The number of ether oxygens (including phenoxy) is 2. The molecule has 134 valence electrons. The van der Waals surface area contributed by atoms with Crippen molar-refractivity contribution in [3.8, 4) is 5.75 Å². The number of hydrogen-bond donors (Lipinski definition) is 0. The molecule has 1 saturated heterocycles. The van der Waals surface area contributed by atoms with Crippen LogP contribution in [-0.2, 0) is 14.3 Å². The van der Waals surface area contributed by atoms with E-state index in [9.17, 15) is 14.4 Å². The van der Waals surface area contributed by atoms with E-state index < -0.39 is 0 Å². The van der Waals surface area contributed by atoms with Crippen LogP contribution >= 0.6 is 0 Å². The number of morpholine rings is 1. The molecule has 25 heavy (non-hydrogen) atoms. The Morgan fingerprint density at radius 1 is 1.20 bits per heavy atom. The second-order valence-corrected chi connectivity index (χ2v) is 6.17. The van der Waals surface area contributed by atoms with Gasteiger partial charge in [0.1, 0.15) is 5.75 Å². The number of Topliss-reactive ketones (excluding diaryl/α,β-unsaturated/α-hetero) is 1. The maximum absolute atomic E-state index is 12.2. The van der Waals surface area contributed by atoms with Crippen molar-refractivity contribution in [3.63, 3.8) is 0 Å². The van der Waals surface area contributed by atoms with Crippen LogP contribution in [0, 0.1) is 0 Å². The summed E-state index contributed by atoms with van der Waals surface area (Å²) in [5.74, 6) is 0.445. The molecular formula is C18H22N2O5. The first-order valence-corrected chi connectivity index (χ1v) is 8.50. The summed E-state index contributed by atoms with van der Waals surface area (Å²) in [5, 5.41) is 0. The van der Waals surface area contributed by atoms with Crippen LogP contribution in [0.5, 0.6) is 5.75 Å². The van der Waals surface area contributed by atoms with Gasteiger partial charge in [-0.05, 0) is 31.5 Å². The fraction of sp³-hybridized carbons (Fsp3) is 0.500. The van der Waals surface area contributed by atoms with Gasteiger partial charge in [0.25, 0.3) is 5.91 Å². The Bertz CT molecular complexity index is 682. The molecule has 7 nitrogen and oxygen atoms in total. The summed E-state index contributed by atoms with van der Waals surface area (Å²) in [6.07, 6.45) is 0.942. The minimum absolute atomic E-state index is 0.0240. The van der Waals surface area contributed by atoms with Gasteiger partial charge in [0.05, 0.1) is 18.9 Å². The third-order valence-electron chi connectivity index (χ3n) is 4.44. The number of hydrogen-bond acceptors (Lipinski definition) is 5. The molecule has 0 aromatic heterocycles. The molecule has 0 saturated carbocycles. The average molecular weight is 346 g/mol. The highest BCUT2D eigenvalue weighted by atomic mass is 16.5. The number of ketones is 1. The number of carbonyl (C=O) groups is 3. The first-order valence-electron chi connectivity index (χ1n) is 8.50. The van der Waals surface area contributed by atoms with Crippen molar-refractivity contribution in [2.75, 3.05) is 44.4 Å². The molecule has 2 amide bonds. The van der Waals surface area contributed by atoms with Crippen LogP contribution in [0.3, 0.4) is 0 Å². The minimum atomic E-state index is -0.160. The fourth-order valence-electron chi connectivity index (χ4n) is 3.03. The predicted molar refractivity (Wildman–Crippen MR) is 90.9 cm³/mol. The molecule has 0 radical (unpaired) electrons. The van der Waals surface area contributed by atoms with Gasteiger partial charge >= 0.3 is 0 Å². The molecule has 0 aliphatic carbocycles. The largest absolute Gasteiger partial charge is 0.482 e. The van der Waals surface area contributed by atoms with Crippen LogP contribution in [0.25, 0.3) is 0 Å². The summed E-state index contributed by atoms with van der Waals surface area (Å²) >= 11 is 0. The molecule has 2 aliphatic heterocycles. The minimum Gasteiger partial charge on any atom is -0.482 e. The third kappa shape index (κ3) is 3.99. The Morgan fingerprint density at radius 2 is 1.96 bits per heavy atom. The Labute approximate surface area is 146 Å². The first kappa shape index (κ1) is 17.4. The number of rotatable bonds is 5. The van der Waals surface area contributed by atoms with Crippen LogP contribution in [0.1, 0.15) is 30.1 Å². The maximum Gasteiger partial charge on any atom is 0.265 e. The van der Waals surface area contributed by atoms with E-state index in [1.54, 1.807) is 28.0 Å². The van der Waals surface area contributed by atoms with E-state index in [0.29, 0.717) is 62.7 Å². The zero-order chi connectivity index (χ0) is 17.8. The van der Waals surface area contributed by atoms with Gasteiger partial charge in [-0.2, -0.15) is 0 Å². The van der Waals surface area contributed by atoms with E-state index in [1.165, 1.54) is 6.92 Å². The molecule has 0 N–H and O–H groups in total. The number of anilines is 1. The monoisotopic (exact) mass is 346 g/mol. The standard InChI is InChI=1S/C18H22N2O5/c1-13(21)14-4-5-16-15(11-14)20(18(23)12-25-16)6-2-3-17(22)19-7-9-24-10-8-19/h4-5,11H,2-3,6-10,12H2,1H3. The molecule has 1 aromatic rings. The second kappa shape index (κ2) is 7.65. The summed E-state index contributed by atoms with van der Waals surface area (Å²) in [4.78, 5) is 39.4. The van der Waals surface area contributed by atoms with Gasteiger partial charge in [-0.3, -0.25) is 14.4 Å². The smallest absolute Gasteiger partial charge is 0.265 e. The molecule has 1 aromatic carbocycles. The quantitative estimate of drug-likeness (QED) is 0.750. The molecule has 0 bridgehead atoms. The van der Waals surface area contributed by atoms with Crippen molar-refractivity contribution in [1.29, 1.82) is 0 Å². The van der Waals surface area contributed by atoms with E-state index in [2.05, 4.69) is 0 Å². The number of carbonyl (C=O) groups excluding carboxylic acids is 3. The zero-order valence-electron chi connectivity index (χ0n) is 14.3. The Kier molecular flexibility index (Phi) is 5.33. The number of amides is 2. The number of nitrogens with zero attached hydrogens (tertiary/aromatic N) is 2. The molecular weight excluding hydrogens is 324 g/mol. The molecule has 3 rings (SSSR count). The van der Waals surface area contributed by atoms with Crippen molar-refractivity contribution in [1.82, 2.24) is 4.90 Å². The third-order valence-corrected chi connectivity index (χ3v) is 4.44. The van der Waals surface area contributed by atoms with E-state index >= 15 is 0 Å². The predicted octanol–water partition coefficient (Wildman–Crippen LogP) is 1.25. The van der Waals surface area contributed by atoms with Gasteiger partial charge in [-0.15, -0.1) is 0 Å². The normalized spacial score (nSPS) is 17.1. The van der Waals surface area contributed by atoms with Gasteiger partial charge in [0.15, 0.2) is 12.4 Å². The van der Waals surface area contributed by atoms with Crippen LogP contribution in [-0.4, -0.2) is 62.0 Å². The molecule has 1 fully saturated rings. The van der Waals surface area contributed by atoms with Crippen molar-refractivity contribution in [2.45, 2.75) is 19.8 Å². The van der Waals surface area contributed by atoms with Crippen molar-refractivity contribution in [2.24, 2.45) is 0 Å². The van der Waals surface area contributed by atoms with Crippen LogP contribution in [0.15, 0.2) is 18.2 Å². The SMILES string of the molecule is CC(=O)c1ccc2c(c1)N(CCCC(=O)N1CCOCC1)C(=O)CO2. The zero-order valence-corrected chi connectivity index (χ0v) is 14.3. The summed E-state index contributed by atoms with van der Waals surface area (Å²) < 4.78 is 10.7. The fourth-order valence-corrected chi connectivity index (χ4v) is 3.03. The highest BCUT2D eigenvalue weighted by Crippen LogP contribution is 2.33. The highest BCUT2D eigenvalue weighted by molar-refractivity contribution is 6.01. The highest BCUT2D eigenvalue weighted by Gasteiger charge is 2.26. The number of fused-ring (bicyclic) bond motifs is 1. The Hall–Kier alpha value is -2.41. The van der Waals surface area contributed by atoms with Gasteiger partial charge in [-0.25, -0.2) is 0 Å². The van der Waals surface area contributed by atoms with E-state index in [-0.39, 0.29) is 24.2 Å². The van der Waals surface area contributed by atoms with E-state index in [0.717, 1.165) is 0 Å². The number of benzene rings is 1. The van der Waals surface area contributed by atoms with Gasteiger partial charge < -0.3 is 19.3 Å². The molecule has 0 atom stereocenters. The molecule has 7 heteroatoms. The summed E-state index contributed by atoms with van der Waals surface area (Å²) in [6.45, 7) is 4.29. The summed E-state index contributed by atoms with van der Waals surface area (Å²) in [5.41, 5.74) is 1.13. The van der Waals surface area contributed by atoms with E-state index in [1.807, 2.05) is 0 Å². The topological polar surface area (TPSA) is 76.2 Å². The average Bonchev–Trinajstić information content (AvgIpc) is 2.63. The Balaban J connectivity index is 1.64. The van der Waals surface area contributed by atoms with Gasteiger partial charge in [-0.1, -0.05) is 0 Å². The van der Waals surface area contributed by atoms with Crippen molar-refractivity contribution in [3.05, 3.63) is 23.8 Å². The van der Waals surface area contributed by atoms with Crippen LogP contribution < -0.4 is 9.64 Å². The first-order chi connectivity index (χ1) is 12.1. The molecule has 0 unspecified atom stereocenters. The lowest BCUT2D eigenvalue weighted by Crippen LogP contribution is -2.42. The van der Waals surface area contributed by atoms with Crippen molar-refractivity contribution >= 4 is 23.3 Å². The van der Waals surface area contributed by atoms with Gasteiger partial charge in [0, 0.05) is 31.6 Å². The lowest BCUT2D eigenvalue weighted by molar-refractivity contribution is -0.135. The summed E-state index contributed by atoms with van der Waals surface area (Å²) in [6, 6.07) is 5.08. The Morgan fingerprint density at radius 3 is 2.68 bits per heavy atom. The summed E-state index contributed by atoms with van der Waals surface area (Å²) in [7, 11) is 0. The maximum atomic E-state index is 12.2. The van der Waals surface area contributed by atoms with Gasteiger partial charge in [0.2, 0.25) is 5.91 Å². The lowest BCUT2D eigenvalue weighted by atomic mass is 10.1. The van der Waals surface area contributed by atoms with Crippen LogP contribution in [0.4, 0.5) is 5.69 Å². The molecule has 0 spiro atoms. The van der Waals surface area contributed by atoms with Crippen LogP contribution in [0.2, 0.25) is 0 Å². The van der Waals surface area contributed by atoms with Crippen molar-refractivity contribution < 1.29 is 23.9 Å². The molecule has 2 aliphatic rings. The lowest BCUT2D eigenvalue weighted by Gasteiger charge is -2.30. The molecule has 2 heterocycles. The van der Waals surface area contributed by atoms with E-state index in [4.69, 9.17) is 9.47 Å². The second-order valence-electron chi connectivity index (χ2n) is 6.17.